The summed E-state index contributed by atoms with van der Waals surface area (Å²) in [5.41, 5.74) is 8.86. The van der Waals surface area contributed by atoms with E-state index in [1.54, 1.807) is 6.08 Å². The van der Waals surface area contributed by atoms with Crippen LogP contribution >= 0.6 is 0 Å². The first kappa shape index (κ1) is 24.7. The fourth-order valence-electron chi connectivity index (χ4n) is 1.35. The summed E-state index contributed by atoms with van der Waals surface area (Å²) in [6, 6.07) is 0. The fraction of sp³-hybridized carbons (Fsp3) is 0.667. The van der Waals surface area contributed by atoms with Gasteiger partial charge in [-0.05, 0) is 36.2 Å². The Labute approximate surface area is 150 Å². The van der Waals surface area contributed by atoms with Gasteiger partial charge >= 0.3 is 0 Å². The van der Waals surface area contributed by atoms with Crippen LogP contribution in [0.1, 0.15) is 81.1 Å². The Hall–Kier alpha value is -1.51. The molecule has 0 saturated heterocycles. The molecule has 2 aliphatic rings. The molecule has 0 aromatic heterocycles. The normalized spacial score (nSPS) is 16.7. The van der Waals surface area contributed by atoms with Gasteiger partial charge in [0, 0.05) is 6.42 Å². The zero-order valence-corrected chi connectivity index (χ0v) is 17.3. The molecule has 0 aromatic rings. The number of allylic oxidation sites excluding steroid dienone is 2. The van der Waals surface area contributed by atoms with Crippen molar-refractivity contribution >= 4 is 5.91 Å². The Morgan fingerprint density at radius 1 is 0.917 bits per heavy atom. The quantitative estimate of drug-likeness (QED) is 0.558. The lowest BCUT2D eigenvalue weighted by molar-refractivity contribution is -0.118. The fourth-order valence-corrected chi connectivity index (χ4v) is 1.35. The van der Waals surface area contributed by atoms with Gasteiger partial charge in [0.05, 0.1) is 5.82 Å². The minimum atomic E-state index is -0.0162. The van der Waals surface area contributed by atoms with E-state index in [1.807, 2.05) is 0 Å². The van der Waals surface area contributed by atoms with Gasteiger partial charge in [0.15, 0.2) is 0 Å². The van der Waals surface area contributed by atoms with Crippen molar-refractivity contribution in [2.75, 3.05) is 0 Å². The molecule has 3 N–H and O–H groups in total. The Kier molecular flexibility index (Phi) is 11.5. The van der Waals surface area contributed by atoms with Crippen LogP contribution in [0.4, 0.5) is 0 Å². The summed E-state index contributed by atoms with van der Waals surface area (Å²) in [4.78, 5) is 10.2. The maximum atomic E-state index is 10.2. The second-order valence-electron chi connectivity index (χ2n) is 9.59. The number of rotatable bonds is 0. The van der Waals surface area contributed by atoms with E-state index in [0.29, 0.717) is 23.1 Å². The molecule has 1 aliphatic carbocycles. The molecule has 3 heteroatoms. The SMILES string of the molecule is C=C1CCC(=C)C1.CC(C)(C)C.CC(C)(C)C.NC1=CCC(=O)N1. The molecule has 2 rings (SSSR count). The number of nitrogens with one attached hydrogen (secondary N) is 1. The highest BCUT2D eigenvalue weighted by molar-refractivity contribution is 5.81. The maximum Gasteiger partial charge on any atom is 0.229 e. The Morgan fingerprint density at radius 3 is 1.33 bits per heavy atom. The second-order valence-corrected chi connectivity index (χ2v) is 9.59. The Morgan fingerprint density at radius 2 is 1.25 bits per heavy atom. The Bertz CT molecular complexity index is 407. The van der Waals surface area contributed by atoms with Crippen LogP contribution in [0.15, 0.2) is 36.2 Å². The molecule has 24 heavy (non-hydrogen) atoms. The summed E-state index contributed by atoms with van der Waals surface area (Å²) in [6.45, 7) is 25.2. The lowest BCUT2D eigenvalue weighted by Gasteiger charge is -2.05. The summed E-state index contributed by atoms with van der Waals surface area (Å²) in [6.07, 6.45) is 5.53. The monoisotopic (exact) mass is 336 g/mol. The molecular formula is C21H40N2O. The third kappa shape index (κ3) is 28.6. The van der Waals surface area contributed by atoms with Crippen molar-refractivity contribution in [2.45, 2.75) is 81.1 Å². The molecule has 0 radical (unpaired) electrons. The summed E-state index contributed by atoms with van der Waals surface area (Å²) < 4.78 is 0. The van der Waals surface area contributed by atoms with Gasteiger partial charge < -0.3 is 11.1 Å². The van der Waals surface area contributed by atoms with E-state index in [1.165, 1.54) is 24.0 Å². The molecule has 1 heterocycles. The van der Waals surface area contributed by atoms with Gasteiger partial charge in [-0.3, -0.25) is 4.79 Å². The zero-order chi connectivity index (χ0) is 19.6. The molecule has 1 amide bonds. The van der Waals surface area contributed by atoms with Crippen molar-refractivity contribution in [1.82, 2.24) is 5.32 Å². The van der Waals surface area contributed by atoms with Crippen molar-refractivity contribution in [3.63, 3.8) is 0 Å². The van der Waals surface area contributed by atoms with Crippen molar-refractivity contribution in [2.24, 2.45) is 16.6 Å². The summed E-state index contributed by atoms with van der Waals surface area (Å²) >= 11 is 0. The van der Waals surface area contributed by atoms with Crippen LogP contribution in [0.25, 0.3) is 0 Å². The van der Waals surface area contributed by atoms with Crippen molar-refractivity contribution in [3.05, 3.63) is 36.2 Å². The van der Waals surface area contributed by atoms with Gasteiger partial charge in [0.25, 0.3) is 0 Å². The van der Waals surface area contributed by atoms with E-state index in [4.69, 9.17) is 5.73 Å². The average molecular weight is 337 g/mol. The highest BCUT2D eigenvalue weighted by atomic mass is 16.1. The minimum Gasteiger partial charge on any atom is -0.385 e. The number of carbonyl (C=O) groups is 1. The summed E-state index contributed by atoms with van der Waals surface area (Å²) in [5.74, 6) is 0.461. The van der Waals surface area contributed by atoms with Crippen LogP contribution in [0.2, 0.25) is 0 Å². The van der Waals surface area contributed by atoms with E-state index < -0.39 is 0 Å². The topological polar surface area (TPSA) is 55.1 Å². The van der Waals surface area contributed by atoms with E-state index >= 15 is 0 Å². The van der Waals surface area contributed by atoms with Gasteiger partial charge in [-0.15, -0.1) is 0 Å². The minimum absolute atomic E-state index is 0.0162. The molecule has 140 valence electrons. The second kappa shape index (κ2) is 11.1. The van der Waals surface area contributed by atoms with Gasteiger partial charge in [0.1, 0.15) is 0 Å². The van der Waals surface area contributed by atoms with E-state index in [2.05, 4.69) is 73.9 Å². The van der Waals surface area contributed by atoms with E-state index in [-0.39, 0.29) is 5.91 Å². The Balaban J connectivity index is 0. The molecule has 1 fully saturated rings. The molecular weight excluding hydrogens is 296 g/mol. The standard InChI is InChI=1S/C7H10.2C5H12.C4H6N2O/c1-6-3-4-7(2)5-6;2*1-5(2,3)4;5-3-1-2-4(7)6-3/h1-5H2;2*1-4H3;1H,2,5H2,(H,6,7). The lowest BCUT2D eigenvalue weighted by atomic mass is 10.0. The maximum absolute atomic E-state index is 10.2. The van der Waals surface area contributed by atoms with E-state index in [0.717, 1.165) is 6.42 Å². The molecule has 1 saturated carbocycles. The third-order valence-electron chi connectivity index (χ3n) is 2.12. The highest BCUT2D eigenvalue weighted by Gasteiger charge is 2.06. The van der Waals surface area contributed by atoms with Crippen LogP contribution in [-0.2, 0) is 4.79 Å². The van der Waals surface area contributed by atoms with E-state index in [9.17, 15) is 4.79 Å². The molecule has 0 unspecified atom stereocenters. The largest absolute Gasteiger partial charge is 0.385 e. The molecule has 0 aromatic carbocycles. The number of hydrogen-bond acceptors (Lipinski definition) is 2. The average Bonchev–Trinajstić information content (AvgIpc) is 2.83. The van der Waals surface area contributed by atoms with Crippen LogP contribution < -0.4 is 11.1 Å². The molecule has 0 bridgehead atoms. The van der Waals surface area contributed by atoms with Crippen LogP contribution in [0.3, 0.4) is 0 Å². The molecule has 0 spiro atoms. The smallest absolute Gasteiger partial charge is 0.229 e. The van der Waals surface area contributed by atoms with Gasteiger partial charge in [0.2, 0.25) is 5.91 Å². The van der Waals surface area contributed by atoms with Crippen molar-refractivity contribution in [1.29, 1.82) is 0 Å². The first-order valence-electron chi connectivity index (χ1n) is 8.66. The van der Waals surface area contributed by atoms with Crippen LogP contribution in [-0.4, -0.2) is 5.91 Å². The number of amides is 1. The number of hydrogen-bond donors (Lipinski definition) is 2. The van der Waals surface area contributed by atoms with Crippen molar-refractivity contribution < 1.29 is 4.79 Å². The summed E-state index contributed by atoms with van der Waals surface area (Å²) in [5, 5.41) is 2.42. The van der Waals surface area contributed by atoms with Gasteiger partial charge in [-0.2, -0.15) is 0 Å². The van der Waals surface area contributed by atoms with Gasteiger partial charge in [-0.25, -0.2) is 0 Å². The molecule has 0 atom stereocenters. The first-order chi connectivity index (χ1) is 10.6. The van der Waals surface area contributed by atoms with Gasteiger partial charge in [-0.1, -0.05) is 79.7 Å². The third-order valence-corrected chi connectivity index (χ3v) is 2.12. The van der Waals surface area contributed by atoms with Crippen LogP contribution in [0, 0.1) is 10.8 Å². The summed E-state index contributed by atoms with van der Waals surface area (Å²) in [7, 11) is 0. The zero-order valence-electron chi connectivity index (χ0n) is 17.3. The predicted molar refractivity (Wildman–Crippen MR) is 107 cm³/mol. The van der Waals surface area contributed by atoms with Crippen LogP contribution in [0.5, 0.6) is 0 Å². The number of nitrogens with two attached hydrogens (primary N) is 1. The predicted octanol–water partition coefficient (Wildman–Crippen LogP) is 5.69. The highest BCUT2D eigenvalue weighted by Crippen LogP contribution is 2.25. The lowest BCUT2D eigenvalue weighted by Crippen LogP contribution is -2.19. The molecule has 3 nitrogen and oxygen atoms in total. The first-order valence-corrected chi connectivity index (χ1v) is 8.66. The number of carbonyl (C=O) groups excluding carboxylic acids is 1. The van der Waals surface area contributed by atoms with Crippen molar-refractivity contribution in [3.8, 4) is 0 Å². The molecule has 1 aliphatic heterocycles.